The summed E-state index contributed by atoms with van der Waals surface area (Å²) in [6.45, 7) is 4.18. The smallest absolute Gasteiger partial charge is 0.336 e. The zero-order valence-electron chi connectivity index (χ0n) is 19.3. The molecule has 0 atom stereocenters. The SMILES string of the molecule is CC(C)c1ccc2nc(-c3ccc4noc(-c5cccc6ccccc56)c4c3)cc(C(=O)O)c2c1. The highest BCUT2D eigenvalue weighted by Gasteiger charge is 2.17. The first-order chi connectivity index (χ1) is 17.0. The minimum absolute atomic E-state index is 0.243. The summed E-state index contributed by atoms with van der Waals surface area (Å²) >= 11 is 0. The van der Waals surface area contributed by atoms with Gasteiger partial charge in [0.25, 0.3) is 0 Å². The first-order valence-electron chi connectivity index (χ1n) is 11.6. The Morgan fingerprint density at radius 2 is 1.63 bits per heavy atom. The Balaban J connectivity index is 1.55. The zero-order chi connectivity index (χ0) is 24.1. The lowest BCUT2D eigenvalue weighted by Gasteiger charge is -2.11. The van der Waals surface area contributed by atoms with Crippen LogP contribution in [0.25, 0.3) is 55.2 Å². The van der Waals surface area contributed by atoms with Crippen LogP contribution < -0.4 is 0 Å². The minimum Gasteiger partial charge on any atom is -0.478 e. The Morgan fingerprint density at radius 1 is 0.829 bits per heavy atom. The highest BCUT2D eigenvalue weighted by molar-refractivity contribution is 6.05. The molecule has 0 spiro atoms. The Bertz CT molecular complexity index is 1760. The van der Waals surface area contributed by atoms with Crippen molar-refractivity contribution in [2.24, 2.45) is 0 Å². The third-order valence-electron chi connectivity index (χ3n) is 6.54. The van der Waals surface area contributed by atoms with E-state index in [1.54, 1.807) is 6.07 Å². The van der Waals surface area contributed by atoms with Crippen molar-refractivity contribution in [2.45, 2.75) is 19.8 Å². The monoisotopic (exact) mass is 458 g/mol. The molecule has 4 aromatic carbocycles. The second kappa shape index (κ2) is 8.06. The van der Waals surface area contributed by atoms with Crippen LogP contribution in [0.1, 0.15) is 35.7 Å². The van der Waals surface area contributed by atoms with Gasteiger partial charge in [-0.2, -0.15) is 0 Å². The van der Waals surface area contributed by atoms with Gasteiger partial charge in [0.05, 0.1) is 22.2 Å². The number of carbonyl (C=O) groups is 1. The topological polar surface area (TPSA) is 76.2 Å². The van der Waals surface area contributed by atoms with E-state index >= 15 is 0 Å². The van der Waals surface area contributed by atoms with Crippen molar-refractivity contribution in [2.75, 3.05) is 0 Å². The number of nitrogens with zero attached hydrogens (tertiary/aromatic N) is 2. The van der Waals surface area contributed by atoms with Crippen LogP contribution in [-0.2, 0) is 0 Å². The fourth-order valence-corrected chi connectivity index (χ4v) is 4.65. The number of carboxylic acids is 1. The highest BCUT2D eigenvalue weighted by atomic mass is 16.5. The van der Waals surface area contributed by atoms with Crippen LogP contribution in [0.3, 0.4) is 0 Å². The maximum Gasteiger partial charge on any atom is 0.336 e. The van der Waals surface area contributed by atoms with E-state index in [0.717, 1.165) is 38.4 Å². The maximum atomic E-state index is 12.2. The molecular weight excluding hydrogens is 436 g/mol. The molecule has 0 aliphatic heterocycles. The van der Waals surface area contributed by atoms with Crippen molar-refractivity contribution < 1.29 is 14.4 Å². The number of benzene rings is 4. The van der Waals surface area contributed by atoms with Gasteiger partial charge in [0.2, 0.25) is 0 Å². The van der Waals surface area contributed by atoms with Crippen molar-refractivity contribution in [1.29, 1.82) is 0 Å². The lowest BCUT2D eigenvalue weighted by molar-refractivity contribution is 0.0699. The highest BCUT2D eigenvalue weighted by Crippen LogP contribution is 2.36. The standard InChI is InChI=1S/C30H22N2O3/c1-17(2)19-10-12-26-23(14-19)24(30(33)34)16-28(31-26)20-11-13-27-25(15-20)29(35-32-27)22-9-5-7-18-6-3-4-8-21(18)22/h3-17H,1-2H3,(H,33,34). The molecule has 5 nitrogen and oxygen atoms in total. The molecule has 170 valence electrons. The predicted octanol–water partition coefficient (Wildman–Crippen LogP) is 7.68. The van der Waals surface area contributed by atoms with Gasteiger partial charge in [-0.3, -0.25) is 0 Å². The average molecular weight is 459 g/mol. The lowest BCUT2D eigenvalue weighted by atomic mass is 9.97. The molecule has 5 heteroatoms. The molecule has 6 aromatic rings. The third kappa shape index (κ3) is 3.53. The number of hydrogen-bond donors (Lipinski definition) is 1. The predicted molar refractivity (Wildman–Crippen MR) is 139 cm³/mol. The normalized spacial score (nSPS) is 11.6. The average Bonchev–Trinajstić information content (AvgIpc) is 3.30. The number of aromatic carboxylic acids is 1. The largest absolute Gasteiger partial charge is 0.478 e. The van der Waals surface area contributed by atoms with Crippen LogP contribution in [0.4, 0.5) is 0 Å². The Hall–Kier alpha value is -4.51. The number of rotatable bonds is 4. The second-order valence-electron chi connectivity index (χ2n) is 9.06. The minimum atomic E-state index is -0.970. The summed E-state index contributed by atoms with van der Waals surface area (Å²) in [6.07, 6.45) is 0. The molecule has 0 radical (unpaired) electrons. The van der Waals surface area contributed by atoms with Crippen molar-refractivity contribution >= 4 is 38.5 Å². The van der Waals surface area contributed by atoms with E-state index in [9.17, 15) is 9.90 Å². The van der Waals surface area contributed by atoms with Crippen LogP contribution in [0.5, 0.6) is 0 Å². The summed E-state index contributed by atoms with van der Waals surface area (Å²) in [4.78, 5) is 17.0. The fraction of sp³-hybridized carbons (Fsp3) is 0.100. The van der Waals surface area contributed by atoms with Gasteiger partial charge in [-0.1, -0.05) is 73.6 Å². The van der Waals surface area contributed by atoms with Gasteiger partial charge >= 0.3 is 5.97 Å². The van der Waals surface area contributed by atoms with Gasteiger partial charge in [-0.15, -0.1) is 0 Å². The van der Waals surface area contributed by atoms with Gasteiger partial charge < -0.3 is 9.63 Å². The molecule has 35 heavy (non-hydrogen) atoms. The van der Waals surface area contributed by atoms with Crippen molar-refractivity contribution in [3.8, 4) is 22.6 Å². The maximum absolute atomic E-state index is 12.2. The van der Waals surface area contributed by atoms with Gasteiger partial charge in [-0.05, 0) is 52.6 Å². The van der Waals surface area contributed by atoms with Gasteiger partial charge in [0.1, 0.15) is 5.52 Å². The van der Waals surface area contributed by atoms with E-state index in [2.05, 4.69) is 37.2 Å². The first-order valence-corrected chi connectivity index (χ1v) is 11.6. The molecule has 0 unspecified atom stereocenters. The van der Waals surface area contributed by atoms with Crippen LogP contribution in [0.15, 0.2) is 89.5 Å². The summed E-state index contributed by atoms with van der Waals surface area (Å²) in [5, 5.41) is 17.9. The van der Waals surface area contributed by atoms with Crippen molar-refractivity contribution in [1.82, 2.24) is 10.1 Å². The Kier molecular flexibility index (Phi) is 4.85. The van der Waals surface area contributed by atoms with E-state index in [0.29, 0.717) is 28.3 Å². The molecule has 0 fully saturated rings. The molecule has 1 N–H and O–H groups in total. The number of hydrogen-bond acceptors (Lipinski definition) is 4. The number of carboxylic acid groups (broad SMARTS) is 1. The zero-order valence-corrected chi connectivity index (χ0v) is 19.3. The molecule has 0 aliphatic carbocycles. The van der Waals surface area contributed by atoms with Gasteiger partial charge in [0, 0.05) is 16.5 Å². The number of aromatic nitrogens is 2. The van der Waals surface area contributed by atoms with Gasteiger partial charge in [0.15, 0.2) is 5.76 Å². The van der Waals surface area contributed by atoms with Crippen molar-refractivity contribution in [3.63, 3.8) is 0 Å². The molecule has 2 heterocycles. The van der Waals surface area contributed by atoms with E-state index in [1.165, 1.54) is 0 Å². The molecule has 2 aromatic heterocycles. The van der Waals surface area contributed by atoms with Gasteiger partial charge in [-0.25, -0.2) is 9.78 Å². The molecule has 0 saturated carbocycles. The van der Waals surface area contributed by atoms with Crippen LogP contribution in [0.2, 0.25) is 0 Å². The summed E-state index contributed by atoms with van der Waals surface area (Å²) in [5.41, 5.74) is 5.08. The number of pyridine rings is 1. The van der Waals surface area contributed by atoms with E-state index in [1.807, 2.05) is 60.7 Å². The molecular formula is C30H22N2O3. The van der Waals surface area contributed by atoms with E-state index in [4.69, 9.17) is 9.51 Å². The Morgan fingerprint density at radius 3 is 2.46 bits per heavy atom. The summed E-state index contributed by atoms with van der Waals surface area (Å²) in [7, 11) is 0. The second-order valence-corrected chi connectivity index (χ2v) is 9.06. The quantitative estimate of drug-likeness (QED) is 0.293. The van der Waals surface area contributed by atoms with Crippen LogP contribution in [0, 0.1) is 0 Å². The molecule has 0 amide bonds. The summed E-state index contributed by atoms with van der Waals surface area (Å²) in [6, 6.07) is 27.5. The lowest BCUT2D eigenvalue weighted by Crippen LogP contribution is -2.01. The molecule has 0 saturated heterocycles. The van der Waals surface area contributed by atoms with Crippen molar-refractivity contribution in [3.05, 3.63) is 96.1 Å². The van der Waals surface area contributed by atoms with Crippen LogP contribution >= 0.6 is 0 Å². The molecule has 6 rings (SSSR count). The molecule has 0 bridgehead atoms. The van der Waals surface area contributed by atoms with Crippen LogP contribution in [-0.4, -0.2) is 21.2 Å². The first kappa shape index (κ1) is 21.1. The Labute approximate surface area is 201 Å². The fourth-order valence-electron chi connectivity index (χ4n) is 4.65. The van der Waals surface area contributed by atoms with E-state index < -0.39 is 5.97 Å². The summed E-state index contributed by atoms with van der Waals surface area (Å²) < 4.78 is 5.80. The third-order valence-corrected chi connectivity index (χ3v) is 6.54. The number of fused-ring (bicyclic) bond motifs is 3. The van der Waals surface area contributed by atoms with E-state index in [-0.39, 0.29) is 5.56 Å². The summed E-state index contributed by atoms with van der Waals surface area (Å²) in [5.74, 6) is 0.00531. The molecule has 0 aliphatic rings.